The average Bonchev–Trinajstić information content (AvgIpc) is 2.64. The number of rotatable bonds is 2. The van der Waals surface area contributed by atoms with Crippen LogP contribution in [0.15, 0.2) is 18.3 Å². The number of aromatic nitrogens is 2. The van der Waals surface area contributed by atoms with Crippen molar-refractivity contribution < 1.29 is 14.3 Å². The van der Waals surface area contributed by atoms with Crippen molar-refractivity contribution in [2.75, 3.05) is 5.73 Å². The second-order valence-electron chi connectivity index (χ2n) is 3.65. The molecule has 0 saturated heterocycles. The number of carboxylic acids is 1. The molecule has 0 radical (unpaired) electrons. The zero-order chi connectivity index (χ0) is 12.6. The summed E-state index contributed by atoms with van der Waals surface area (Å²) in [4.78, 5) is 10.8. The monoisotopic (exact) mass is 235 g/mol. The lowest BCUT2D eigenvalue weighted by Crippen LogP contribution is -2.02. The van der Waals surface area contributed by atoms with Crippen LogP contribution in [0.3, 0.4) is 0 Å². The van der Waals surface area contributed by atoms with Crippen LogP contribution in [0.5, 0.6) is 0 Å². The highest BCUT2D eigenvalue weighted by Gasteiger charge is 2.16. The summed E-state index contributed by atoms with van der Waals surface area (Å²) in [6.07, 6.45) is 1.47. The largest absolute Gasteiger partial charge is 0.478 e. The van der Waals surface area contributed by atoms with Crippen LogP contribution in [0.25, 0.3) is 11.1 Å². The third kappa shape index (κ3) is 1.84. The van der Waals surface area contributed by atoms with Crippen molar-refractivity contribution in [3.05, 3.63) is 35.3 Å². The first kappa shape index (κ1) is 11.1. The minimum atomic E-state index is -1.31. The number of aryl methyl sites for hydroxylation is 1. The number of hydrogen-bond donors (Lipinski definition) is 3. The number of hydrogen-bond acceptors (Lipinski definition) is 3. The Kier molecular flexibility index (Phi) is 2.55. The van der Waals surface area contributed by atoms with Crippen LogP contribution in [0.4, 0.5) is 10.2 Å². The van der Waals surface area contributed by atoms with Crippen molar-refractivity contribution >= 4 is 11.8 Å². The number of aromatic amines is 1. The maximum Gasteiger partial charge on any atom is 0.338 e. The second kappa shape index (κ2) is 3.89. The fourth-order valence-electron chi connectivity index (χ4n) is 1.64. The Balaban J connectivity index is 2.67. The van der Waals surface area contributed by atoms with E-state index >= 15 is 0 Å². The van der Waals surface area contributed by atoms with Crippen LogP contribution in [0.2, 0.25) is 0 Å². The van der Waals surface area contributed by atoms with Gasteiger partial charge in [-0.25, -0.2) is 9.18 Å². The number of nitrogen functional groups attached to an aromatic ring is 1. The van der Waals surface area contributed by atoms with Gasteiger partial charge in [-0.2, -0.15) is 5.10 Å². The molecule has 0 atom stereocenters. The third-order valence-electron chi connectivity index (χ3n) is 2.50. The molecule has 0 aliphatic carbocycles. The highest BCUT2D eigenvalue weighted by molar-refractivity contribution is 5.91. The molecule has 1 aromatic carbocycles. The smallest absolute Gasteiger partial charge is 0.338 e. The number of nitrogens with zero attached hydrogens (tertiary/aromatic N) is 1. The van der Waals surface area contributed by atoms with E-state index < -0.39 is 11.8 Å². The summed E-state index contributed by atoms with van der Waals surface area (Å²) in [6, 6.07) is 2.43. The van der Waals surface area contributed by atoms with Gasteiger partial charge in [0, 0.05) is 5.56 Å². The van der Waals surface area contributed by atoms with Gasteiger partial charge in [0.25, 0.3) is 0 Å². The molecule has 0 aliphatic rings. The van der Waals surface area contributed by atoms with E-state index in [2.05, 4.69) is 10.2 Å². The maximum atomic E-state index is 13.4. The van der Waals surface area contributed by atoms with Crippen molar-refractivity contribution in [2.45, 2.75) is 6.92 Å². The van der Waals surface area contributed by atoms with E-state index in [1.807, 2.05) is 0 Å². The number of benzene rings is 1. The van der Waals surface area contributed by atoms with Crippen molar-refractivity contribution in [3.8, 4) is 11.1 Å². The number of carboxylic acid groups (broad SMARTS) is 1. The van der Waals surface area contributed by atoms with Gasteiger partial charge in [-0.3, -0.25) is 5.10 Å². The van der Waals surface area contributed by atoms with Crippen molar-refractivity contribution in [1.82, 2.24) is 10.2 Å². The van der Waals surface area contributed by atoms with Gasteiger partial charge in [0.15, 0.2) is 0 Å². The average molecular weight is 235 g/mol. The van der Waals surface area contributed by atoms with Gasteiger partial charge in [-0.05, 0) is 30.2 Å². The van der Waals surface area contributed by atoms with E-state index in [9.17, 15) is 9.18 Å². The Morgan fingerprint density at radius 2 is 2.18 bits per heavy atom. The summed E-state index contributed by atoms with van der Waals surface area (Å²) in [5.74, 6) is -1.76. The molecule has 0 bridgehead atoms. The molecule has 0 aliphatic heterocycles. The van der Waals surface area contributed by atoms with Crippen molar-refractivity contribution in [1.29, 1.82) is 0 Å². The van der Waals surface area contributed by atoms with Gasteiger partial charge in [-0.1, -0.05) is 0 Å². The topological polar surface area (TPSA) is 92.0 Å². The van der Waals surface area contributed by atoms with E-state index in [-0.39, 0.29) is 5.56 Å². The molecule has 2 aromatic rings. The molecule has 4 N–H and O–H groups in total. The molecule has 0 saturated carbocycles. The summed E-state index contributed by atoms with van der Waals surface area (Å²) in [7, 11) is 0. The highest BCUT2D eigenvalue weighted by atomic mass is 19.1. The van der Waals surface area contributed by atoms with Gasteiger partial charge in [0.05, 0.1) is 11.8 Å². The molecule has 88 valence electrons. The van der Waals surface area contributed by atoms with Crippen molar-refractivity contribution in [2.24, 2.45) is 0 Å². The lowest BCUT2D eigenvalue weighted by atomic mass is 9.99. The zero-order valence-corrected chi connectivity index (χ0v) is 8.99. The quantitative estimate of drug-likeness (QED) is 0.740. The van der Waals surface area contributed by atoms with Crippen LogP contribution >= 0.6 is 0 Å². The first-order valence-electron chi connectivity index (χ1n) is 4.83. The summed E-state index contributed by atoms with van der Waals surface area (Å²) >= 11 is 0. The molecular formula is C11H10FN3O2. The predicted octanol–water partition coefficient (Wildman–Crippen LogP) is 1.80. The fraction of sp³-hybridized carbons (Fsp3) is 0.0909. The fourth-order valence-corrected chi connectivity index (χ4v) is 1.64. The Morgan fingerprint density at radius 1 is 1.47 bits per heavy atom. The van der Waals surface area contributed by atoms with E-state index in [4.69, 9.17) is 10.8 Å². The minimum Gasteiger partial charge on any atom is -0.478 e. The SMILES string of the molecule is Cc1cc(F)c(C(=O)O)cc1-c1cn[nH]c1N. The third-order valence-corrected chi connectivity index (χ3v) is 2.50. The summed E-state index contributed by atoms with van der Waals surface area (Å²) in [6.45, 7) is 1.68. The lowest BCUT2D eigenvalue weighted by Gasteiger charge is -2.07. The number of halogens is 1. The number of H-pyrrole nitrogens is 1. The molecule has 2 rings (SSSR count). The Labute approximate surface area is 96.1 Å². The Morgan fingerprint density at radius 3 is 2.71 bits per heavy atom. The molecule has 1 aromatic heterocycles. The predicted molar refractivity (Wildman–Crippen MR) is 60.1 cm³/mol. The zero-order valence-electron chi connectivity index (χ0n) is 8.99. The molecule has 1 heterocycles. The van der Waals surface area contributed by atoms with Gasteiger partial charge in [-0.15, -0.1) is 0 Å². The minimum absolute atomic E-state index is 0.316. The number of carbonyl (C=O) groups is 1. The van der Waals surface area contributed by atoms with Gasteiger partial charge in [0.1, 0.15) is 11.6 Å². The molecule has 17 heavy (non-hydrogen) atoms. The number of aromatic carboxylic acids is 1. The lowest BCUT2D eigenvalue weighted by molar-refractivity contribution is 0.0692. The first-order chi connectivity index (χ1) is 8.00. The molecule has 5 nitrogen and oxygen atoms in total. The van der Waals surface area contributed by atoms with Crippen LogP contribution in [-0.2, 0) is 0 Å². The number of nitrogens with two attached hydrogens (primary N) is 1. The van der Waals surface area contributed by atoms with Crippen LogP contribution in [0.1, 0.15) is 15.9 Å². The van der Waals surface area contributed by atoms with Gasteiger partial charge in [0.2, 0.25) is 0 Å². The summed E-state index contributed by atoms with van der Waals surface area (Å²) in [5, 5.41) is 15.1. The van der Waals surface area contributed by atoms with Crippen LogP contribution < -0.4 is 5.73 Å². The second-order valence-corrected chi connectivity index (χ2v) is 3.65. The molecule has 0 fully saturated rings. The van der Waals surface area contributed by atoms with Crippen molar-refractivity contribution in [3.63, 3.8) is 0 Å². The Hall–Kier alpha value is -2.37. The van der Waals surface area contributed by atoms with Gasteiger partial charge >= 0.3 is 5.97 Å². The van der Waals surface area contributed by atoms with Gasteiger partial charge < -0.3 is 10.8 Å². The molecule has 6 heteroatoms. The number of nitrogens with one attached hydrogen (secondary N) is 1. The highest BCUT2D eigenvalue weighted by Crippen LogP contribution is 2.29. The van der Waals surface area contributed by atoms with E-state index in [1.54, 1.807) is 6.92 Å². The standard InChI is InChI=1S/C11H10FN3O2/c1-5-2-9(12)7(11(16)17)3-6(5)8-4-14-15-10(8)13/h2-4H,1H3,(H,16,17)(H3,13,14,15). The first-order valence-corrected chi connectivity index (χ1v) is 4.83. The van der Waals surface area contributed by atoms with Crippen LogP contribution in [-0.4, -0.2) is 21.3 Å². The summed E-state index contributed by atoms with van der Waals surface area (Å²) in [5.41, 5.74) is 6.97. The van der Waals surface area contributed by atoms with E-state index in [0.29, 0.717) is 22.5 Å². The normalized spacial score (nSPS) is 10.5. The molecule has 0 amide bonds. The Bertz CT molecular complexity index is 592. The molecule has 0 spiro atoms. The molecular weight excluding hydrogens is 225 g/mol. The number of anilines is 1. The van der Waals surface area contributed by atoms with E-state index in [0.717, 1.165) is 0 Å². The maximum absolute atomic E-state index is 13.4. The van der Waals surface area contributed by atoms with E-state index in [1.165, 1.54) is 18.3 Å². The molecule has 0 unspecified atom stereocenters. The van der Waals surface area contributed by atoms with Crippen LogP contribution in [0, 0.1) is 12.7 Å². The summed E-state index contributed by atoms with van der Waals surface area (Å²) < 4.78 is 13.4.